The van der Waals surface area contributed by atoms with Crippen LogP contribution in [-0.2, 0) is 14.3 Å². The predicted octanol–water partition coefficient (Wildman–Crippen LogP) is 1.15. The SMILES string of the molecule is CCCC(=O)OC1CSCC1C(=O)O. The highest BCUT2D eigenvalue weighted by Gasteiger charge is 2.36. The Morgan fingerprint density at radius 3 is 2.79 bits per heavy atom. The van der Waals surface area contributed by atoms with Crippen molar-refractivity contribution < 1.29 is 19.4 Å². The fourth-order valence-corrected chi connectivity index (χ4v) is 2.59. The molecule has 0 amide bonds. The van der Waals surface area contributed by atoms with Gasteiger partial charge in [-0.2, -0.15) is 11.8 Å². The van der Waals surface area contributed by atoms with Crippen molar-refractivity contribution in [2.45, 2.75) is 25.9 Å². The first kappa shape index (κ1) is 11.4. The first-order valence-electron chi connectivity index (χ1n) is 4.65. The molecule has 0 aliphatic carbocycles. The number of aliphatic carboxylic acids is 1. The summed E-state index contributed by atoms with van der Waals surface area (Å²) in [6.07, 6.45) is 0.667. The standard InChI is InChI=1S/C9H14O4S/c1-2-3-8(10)13-7-5-14-4-6(7)9(11)12/h6-7H,2-5H2,1H3,(H,11,12). The minimum Gasteiger partial charge on any atom is -0.481 e. The number of carbonyl (C=O) groups is 2. The summed E-state index contributed by atoms with van der Waals surface area (Å²) >= 11 is 1.52. The number of carboxylic acid groups (broad SMARTS) is 1. The molecule has 1 fully saturated rings. The topological polar surface area (TPSA) is 63.6 Å². The number of ether oxygens (including phenoxy) is 1. The minimum absolute atomic E-state index is 0.286. The number of esters is 1. The molecular formula is C9H14O4S. The first-order chi connectivity index (χ1) is 6.65. The second kappa shape index (κ2) is 5.24. The van der Waals surface area contributed by atoms with E-state index in [1.165, 1.54) is 11.8 Å². The molecular weight excluding hydrogens is 204 g/mol. The van der Waals surface area contributed by atoms with E-state index >= 15 is 0 Å². The third-order valence-corrected chi connectivity index (χ3v) is 3.24. The van der Waals surface area contributed by atoms with Crippen molar-refractivity contribution in [2.75, 3.05) is 11.5 Å². The molecule has 0 radical (unpaired) electrons. The van der Waals surface area contributed by atoms with Gasteiger partial charge in [0, 0.05) is 17.9 Å². The van der Waals surface area contributed by atoms with Gasteiger partial charge in [0.05, 0.1) is 0 Å². The van der Waals surface area contributed by atoms with Gasteiger partial charge in [0.2, 0.25) is 0 Å². The van der Waals surface area contributed by atoms with Crippen LogP contribution in [0.25, 0.3) is 0 Å². The van der Waals surface area contributed by atoms with E-state index in [1.54, 1.807) is 0 Å². The van der Waals surface area contributed by atoms with Crippen molar-refractivity contribution in [1.82, 2.24) is 0 Å². The Hall–Kier alpha value is -0.710. The second-order valence-electron chi connectivity index (χ2n) is 3.26. The lowest BCUT2D eigenvalue weighted by Crippen LogP contribution is -2.31. The highest BCUT2D eigenvalue weighted by Crippen LogP contribution is 2.27. The van der Waals surface area contributed by atoms with Crippen molar-refractivity contribution in [3.63, 3.8) is 0 Å². The number of carboxylic acids is 1. The highest BCUT2D eigenvalue weighted by atomic mass is 32.2. The molecule has 1 saturated heterocycles. The summed E-state index contributed by atoms with van der Waals surface area (Å²) in [6.45, 7) is 1.89. The maximum absolute atomic E-state index is 11.1. The van der Waals surface area contributed by atoms with Crippen LogP contribution >= 0.6 is 11.8 Å². The van der Waals surface area contributed by atoms with Gasteiger partial charge in [-0.1, -0.05) is 6.92 Å². The highest BCUT2D eigenvalue weighted by molar-refractivity contribution is 7.99. The Morgan fingerprint density at radius 2 is 2.21 bits per heavy atom. The van der Waals surface area contributed by atoms with Gasteiger partial charge in [-0.15, -0.1) is 0 Å². The van der Waals surface area contributed by atoms with E-state index < -0.39 is 18.0 Å². The van der Waals surface area contributed by atoms with E-state index in [0.29, 0.717) is 17.9 Å². The van der Waals surface area contributed by atoms with Gasteiger partial charge >= 0.3 is 11.9 Å². The molecule has 2 atom stereocenters. The molecule has 1 aliphatic heterocycles. The number of carbonyl (C=O) groups excluding carboxylic acids is 1. The number of hydrogen-bond donors (Lipinski definition) is 1. The van der Waals surface area contributed by atoms with Gasteiger partial charge in [-0.3, -0.25) is 9.59 Å². The van der Waals surface area contributed by atoms with Crippen LogP contribution < -0.4 is 0 Å². The first-order valence-corrected chi connectivity index (χ1v) is 5.80. The monoisotopic (exact) mass is 218 g/mol. The van der Waals surface area contributed by atoms with Crippen LogP contribution in [0.2, 0.25) is 0 Å². The maximum atomic E-state index is 11.1. The lowest BCUT2D eigenvalue weighted by Gasteiger charge is -2.15. The summed E-state index contributed by atoms with van der Waals surface area (Å²) in [5.41, 5.74) is 0. The molecule has 80 valence electrons. The molecule has 14 heavy (non-hydrogen) atoms. The Bertz CT molecular complexity index is 229. The molecule has 0 aromatic carbocycles. The average molecular weight is 218 g/mol. The van der Waals surface area contributed by atoms with Gasteiger partial charge in [0.1, 0.15) is 12.0 Å². The van der Waals surface area contributed by atoms with Crippen LogP contribution in [0.1, 0.15) is 19.8 Å². The number of hydrogen-bond acceptors (Lipinski definition) is 4. The molecule has 1 N–H and O–H groups in total. The van der Waals surface area contributed by atoms with Crippen LogP contribution in [0.5, 0.6) is 0 Å². The summed E-state index contributed by atoms with van der Waals surface area (Å²) in [7, 11) is 0. The molecule has 0 aromatic heterocycles. The lowest BCUT2D eigenvalue weighted by molar-refractivity contribution is -0.155. The van der Waals surface area contributed by atoms with Crippen molar-refractivity contribution in [2.24, 2.45) is 5.92 Å². The molecule has 5 heteroatoms. The van der Waals surface area contributed by atoms with Crippen LogP contribution in [-0.4, -0.2) is 34.7 Å². The Balaban J connectivity index is 2.43. The van der Waals surface area contributed by atoms with Gasteiger partial charge < -0.3 is 9.84 Å². The van der Waals surface area contributed by atoms with Crippen molar-refractivity contribution in [3.8, 4) is 0 Å². The Kier molecular flexibility index (Phi) is 4.25. The molecule has 0 spiro atoms. The normalized spacial score (nSPS) is 26.1. The number of thioether (sulfide) groups is 1. The zero-order valence-corrected chi connectivity index (χ0v) is 8.88. The molecule has 4 nitrogen and oxygen atoms in total. The fourth-order valence-electron chi connectivity index (χ4n) is 1.31. The van der Waals surface area contributed by atoms with Gasteiger partial charge in [-0.25, -0.2) is 0 Å². The van der Waals surface area contributed by atoms with E-state index in [1.807, 2.05) is 6.92 Å². The fraction of sp³-hybridized carbons (Fsp3) is 0.778. The quantitative estimate of drug-likeness (QED) is 0.717. The average Bonchev–Trinajstić information content (AvgIpc) is 2.52. The van der Waals surface area contributed by atoms with Gasteiger partial charge in [0.15, 0.2) is 0 Å². The summed E-state index contributed by atoms with van der Waals surface area (Å²) in [5.74, 6) is -0.539. The van der Waals surface area contributed by atoms with E-state index in [-0.39, 0.29) is 5.97 Å². The van der Waals surface area contributed by atoms with Crippen LogP contribution in [0.3, 0.4) is 0 Å². The Labute approximate surface area is 87.0 Å². The van der Waals surface area contributed by atoms with Crippen LogP contribution in [0, 0.1) is 5.92 Å². The molecule has 2 unspecified atom stereocenters. The zero-order chi connectivity index (χ0) is 10.6. The van der Waals surface area contributed by atoms with Crippen molar-refractivity contribution in [3.05, 3.63) is 0 Å². The molecule has 0 bridgehead atoms. The maximum Gasteiger partial charge on any atom is 0.311 e. The minimum atomic E-state index is -0.871. The van der Waals surface area contributed by atoms with Crippen LogP contribution in [0.15, 0.2) is 0 Å². The summed E-state index contributed by atoms with van der Waals surface area (Å²) in [4.78, 5) is 21.9. The predicted molar refractivity (Wildman–Crippen MR) is 53.2 cm³/mol. The van der Waals surface area contributed by atoms with Gasteiger partial charge in [-0.05, 0) is 6.42 Å². The van der Waals surface area contributed by atoms with Gasteiger partial charge in [0.25, 0.3) is 0 Å². The van der Waals surface area contributed by atoms with Crippen LogP contribution in [0.4, 0.5) is 0 Å². The zero-order valence-electron chi connectivity index (χ0n) is 8.06. The molecule has 0 saturated carbocycles. The third-order valence-electron chi connectivity index (χ3n) is 2.08. The Morgan fingerprint density at radius 1 is 1.50 bits per heavy atom. The van der Waals surface area contributed by atoms with E-state index in [0.717, 1.165) is 6.42 Å². The second-order valence-corrected chi connectivity index (χ2v) is 4.34. The molecule has 1 heterocycles. The summed E-state index contributed by atoms with van der Waals surface area (Å²) in [6, 6.07) is 0. The number of rotatable bonds is 4. The third kappa shape index (κ3) is 2.90. The summed E-state index contributed by atoms with van der Waals surface area (Å²) < 4.78 is 5.09. The smallest absolute Gasteiger partial charge is 0.311 e. The largest absolute Gasteiger partial charge is 0.481 e. The van der Waals surface area contributed by atoms with Crippen molar-refractivity contribution in [1.29, 1.82) is 0 Å². The molecule has 0 aromatic rings. The molecule has 1 aliphatic rings. The van der Waals surface area contributed by atoms with E-state index in [2.05, 4.69) is 0 Å². The van der Waals surface area contributed by atoms with Crippen molar-refractivity contribution >= 4 is 23.7 Å². The lowest BCUT2D eigenvalue weighted by atomic mass is 10.1. The van der Waals surface area contributed by atoms with E-state index in [9.17, 15) is 9.59 Å². The summed E-state index contributed by atoms with van der Waals surface area (Å²) in [5, 5.41) is 8.82. The van der Waals surface area contributed by atoms with E-state index in [4.69, 9.17) is 9.84 Å². The molecule has 1 rings (SSSR count).